The van der Waals surface area contributed by atoms with Gasteiger partial charge in [-0.1, -0.05) is 18.2 Å². The van der Waals surface area contributed by atoms with Crippen LogP contribution in [0.25, 0.3) is 17.2 Å². The van der Waals surface area contributed by atoms with Gasteiger partial charge in [-0.2, -0.15) is 15.4 Å². The molecule has 1 aliphatic rings. The second kappa shape index (κ2) is 7.51. The van der Waals surface area contributed by atoms with Gasteiger partial charge in [-0.25, -0.2) is 14.4 Å². The number of halogens is 1. The van der Waals surface area contributed by atoms with Crippen LogP contribution < -0.4 is 5.32 Å². The van der Waals surface area contributed by atoms with E-state index in [2.05, 4.69) is 30.7 Å². The lowest BCUT2D eigenvalue weighted by Crippen LogP contribution is -2.25. The number of aromatic nitrogens is 6. The molecule has 2 N–H and O–H groups in total. The number of rotatable bonds is 6. The summed E-state index contributed by atoms with van der Waals surface area (Å²) in [7, 11) is 0. The van der Waals surface area contributed by atoms with Crippen molar-refractivity contribution in [1.29, 1.82) is 0 Å². The zero-order valence-electron chi connectivity index (χ0n) is 15.9. The van der Waals surface area contributed by atoms with Gasteiger partial charge in [0.25, 0.3) is 5.91 Å². The van der Waals surface area contributed by atoms with Gasteiger partial charge in [0.15, 0.2) is 0 Å². The van der Waals surface area contributed by atoms with Crippen molar-refractivity contribution in [2.75, 3.05) is 0 Å². The Kier molecular flexibility index (Phi) is 4.55. The Balaban J connectivity index is 1.35. The van der Waals surface area contributed by atoms with Crippen LogP contribution in [-0.4, -0.2) is 41.9 Å². The monoisotopic (exact) mass is 403 g/mol. The van der Waals surface area contributed by atoms with Gasteiger partial charge in [0.2, 0.25) is 0 Å². The Hall–Kier alpha value is -3.88. The van der Waals surface area contributed by atoms with E-state index in [-0.39, 0.29) is 11.7 Å². The number of benzene rings is 1. The highest BCUT2D eigenvalue weighted by atomic mass is 19.1. The normalized spacial score (nSPS) is 13.4. The maximum absolute atomic E-state index is 14.0. The second-order valence-corrected chi connectivity index (χ2v) is 7.21. The van der Waals surface area contributed by atoms with Crippen molar-refractivity contribution in [2.24, 2.45) is 0 Å². The van der Waals surface area contributed by atoms with Crippen molar-refractivity contribution in [1.82, 2.24) is 35.3 Å². The standard InChI is InChI=1S/C21H18FN7O/c22-16-4-2-1-3-13(16)9-17-20(27-28-26-17)18-11-29(12-24-18)19-8-5-14(10-23-19)21(30)25-15-6-7-15/h1-5,8,10-12,15H,6-7,9H2,(H,25,30)(H,26,27,28). The third kappa shape index (κ3) is 3.69. The molecule has 0 atom stereocenters. The SMILES string of the molecule is O=C(NC1CC1)c1ccc(-n2cnc(-c3n[nH]nc3Cc3ccccc3F)c2)nc1. The summed E-state index contributed by atoms with van der Waals surface area (Å²) >= 11 is 0. The smallest absolute Gasteiger partial charge is 0.253 e. The number of amides is 1. The van der Waals surface area contributed by atoms with Crippen molar-refractivity contribution in [3.8, 4) is 17.2 Å². The predicted molar refractivity (Wildman–Crippen MR) is 106 cm³/mol. The minimum atomic E-state index is -0.285. The molecule has 9 heteroatoms. The van der Waals surface area contributed by atoms with Crippen LogP contribution in [0.1, 0.15) is 34.5 Å². The summed E-state index contributed by atoms with van der Waals surface area (Å²) < 4.78 is 15.7. The Labute approximate surface area is 171 Å². The number of carbonyl (C=O) groups is 1. The summed E-state index contributed by atoms with van der Waals surface area (Å²) in [5, 5.41) is 13.9. The Morgan fingerprint density at radius 3 is 2.80 bits per heavy atom. The van der Waals surface area contributed by atoms with Gasteiger partial charge < -0.3 is 5.32 Å². The summed E-state index contributed by atoms with van der Waals surface area (Å²) in [6, 6.07) is 10.4. The highest BCUT2D eigenvalue weighted by molar-refractivity contribution is 5.94. The summed E-state index contributed by atoms with van der Waals surface area (Å²) in [6.45, 7) is 0. The molecule has 1 amide bonds. The average Bonchev–Trinajstić information content (AvgIpc) is 3.25. The van der Waals surface area contributed by atoms with Gasteiger partial charge in [-0.3, -0.25) is 9.36 Å². The largest absolute Gasteiger partial charge is 0.349 e. The minimum Gasteiger partial charge on any atom is -0.349 e. The van der Waals surface area contributed by atoms with Crippen molar-refractivity contribution in [3.05, 3.63) is 77.8 Å². The Morgan fingerprint density at radius 1 is 1.17 bits per heavy atom. The molecule has 1 aliphatic carbocycles. The quantitative estimate of drug-likeness (QED) is 0.515. The molecule has 0 spiro atoms. The van der Waals surface area contributed by atoms with Crippen LogP contribution in [0.15, 0.2) is 55.1 Å². The first-order valence-electron chi connectivity index (χ1n) is 9.62. The number of aromatic amines is 1. The molecule has 5 rings (SSSR count). The van der Waals surface area contributed by atoms with Crippen LogP contribution in [-0.2, 0) is 6.42 Å². The van der Waals surface area contributed by atoms with Gasteiger partial charge in [0.05, 0.1) is 11.3 Å². The highest BCUT2D eigenvalue weighted by Gasteiger charge is 2.24. The lowest BCUT2D eigenvalue weighted by atomic mass is 10.1. The number of H-pyrrole nitrogens is 1. The molecule has 4 aromatic rings. The molecular weight excluding hydrogens is 385 g/mol. The average molecular weight is 403 g/mol. The number of hydrogen-bond donors (Lipinski definition) is 2. The van der Waals surface area contributed by atoms with E-state index in [1.165, 1.54) is 6.07 Å². The topological polar surface area (TPSA) is 101 Å². The molecular formula is C21H18FN7O. The number of imidazole rings is 1. The summed E-state index contributed by atoms with van der Waals surface area (Å²) in [6.07, 6.45) is 7.31. The van der Waals surface area contributed by atoms with Crippen LogP contribution in [0.5, 0.6) is 0 Å². The molecule has 0 unspecified atom stereocenters. The van der Waals surface area contributed by atoms with Crippen LogP contribution in [0.2, 0.25) is 0 Å². The van der Waals surface area contributed by atoms with E-state index in [4.69, 9.17) is 0 Å². The number of hydrogen-bond acceptors (Lipinski definition) is 5. The van der Waals surface area contributed by atoms with Crippen molar-refractivity contribution < 1.29 is 9.18 Å². The zero-order chi connectivity index (χ0) is 20.5. The summed E-state index contributed by atoms with van der Waals surface area (Å²) in [5.74, 6) is 0.228. The van der Waals surface area contributed by atoms with Crippen molar-refractivity contribution in [2.45, 2.75) is 25.3 Å². The third-order valence-electron chi connectivity index (χ3n) is 4.95. The zero-order valence-corrected chi connectivity index (χ0v) is 15.9. The number of nitrogens with one attached hydrogen (secondary N) is 2. The van der Waals surface area contributed by atoms with Gasteiger partial charge in [0, 0.05) is 24.9 Å². The summed E-state index contributed by atoms with van der Waals surface area (Å²) in [5.41, 5.74) is 2.80. The highest BCUT2D eigenvalue weighted by Crippen LogP contribution is 2.22. The fraction of sp³-hybridized carbons (Fsp3) is 0.190. The van der Waals surface area contributed by atoms with Crippen LogP contribution in [0.4, 0.5) is 4.39 Å². The first-order chi connectivity index (χ1) is 14.7. The number of carbonyl (C=O) groups excluding carboxylic acids is 1. The first-order valence-corrected chi connectivity index (χ1v) is 9.62. The second-order valence-electron chi connectivity index (χ2n) is 7.21. The third-order valence-corrected chi connectivity index (χ3v) is 4.95. The van der Waals surface area contributed by atoms with E-state index >= 15 is 0 Å². The lowest BCUT2D eigenvalue weighted by Gasteiger charge is -2.04. The molecule has 1 fully saturated rings. The molecule has 1 aromatic carbocycles. The van der Waals surface area contributed by atoms with Gasteiger partial charge in [0.1, 0.15) is 29.4 Å². The maximum Gasteiger partial charge on any atom is 0.253 e. The maximum atomic E-state index is 14.0. The van der Waals surface area contributed by atoms with Crippen LogP contribution >= 0.6 is 0 Å². The van der Waals surface area contributed by atoms with Crippen molar-refractivity contribution in [3.63, 3.8) is 0 Å². The predicted octanol–water partition coefficient (Wildman–Crippen LogP) is 2.67. The molecule has 0 aliphatic heterocycles. The Morgan fingerprint density at radius 2 is 2.03 bits per heavy atom. The molecule has 30 heavy (non-hydrogen) atoms. The molecule has 0 saturated heterocycles. The van der Waals surface area contributed by atoms with Crippen LogP contribution in [0, 0.1) is 5.82 Å². The van der Waals surface area contributed by atoms with E-state index in [0.717, 1.165) is 12.8 Å². The molecule has 150 valence electrons. The van der Waals surface area contributed by atoms with Crippen LogP contribution in [0.3, 0.4) is 0 Å². The number of pyridine rings is 1. The van der Waals surface area contributed by atoms with E-state index in [1.807, 2.05) is 0 Å². The summed E-state index contributed by atoms with van der Waals surface area (Å²) in [4.78, 5) is 20.9. The minimum absolute atomic E-state index is 0.108. The molecule has 1 saturated carbocycles. The number of nitrogens with zero attached hydrogens (tertiary/aromatic N) is 5. The molecule has 0 radical (unpaired) electrons. The van der Waals surface area contributed by atoms with E-state index in [0.29, 0.717) is 46.5 Å². The fourth-order valence-corrected chi connectivity index (χ4v) is 3.14. The van der Waals surface area contributed by atoms with E-state index in [1.54, 1.807) is 53.6 Å². The molecule has 3 heterocycles. The van der Waals surface area contributed by atoms with Gasteiger partial charge in [-0.15, -0.1) is 0 Å². The van der Waals surface area contributed by atoms with E-state index in [9.17, 15) is 9.18 Å². The van der Waals surface area contributed by atoms with Gasteiger partial charge >= 0.3 is 0 Å². The lowest BCUT2D eigenvalue weighted by molar-refractivity contribution is 0.0950. The molecule has 8 nitrogen and oxygen atoms in total. The van der Waals surface area contributed by atoms with E-state index < -0.39 is 0 Å². The fourth-order valence-electron chi connectivity index (χ4n) is 3.14. The van der Waals surface area contributed by atoms with Gasteiger partial charge in [-0.05, 0) is 36.6 Å². The molecule has 3 aromatic heterocycles. The Bertz CT molecular complexity index is 1190. The van der Waals surface area contributed by atoms with Crippen molar-refractivity contribution >= 4 is 5.91 Å². The first kappa shape index (κ1) is 18.2. The molecule has 0 bridgehead atoms.